The summed E-state index contributed by atoms with van der Waals surface area (Å²) < 4.78 is 16.2. The summed E-state index contributed by atoms with van der Waals surface area (Å²) in [4.78, 5) is 14.9. The van der Waals surface area contributed by atoms with Gasteiger partial charge in [0, 0.05) is 29.6 Å². The SMILES string of the molecule is COc1ccc(OC)c(C2CCCN2CCC(=O)Nc2cc(Cl)ccc2OC)c1. The van der Waals surface area contributed by atoms with Crippen molar-refractivity contribution in [1.29, 1.82) is 0 Å². The van der Waals surface area contributed by atoms with E-state index < -0.39 is 0 Å². The Hall–Kier alpha value is -2.44. The molecule has 1 aliphatic heterocycles. The number of rotatable bonds is 8. The highest BCUT2D eigenvalue weighted by Gasteiger charge is 2.29. The summed E-state index contributed by atoms with van der Waals surface area (Å²) in [6.45, 7) is 1.60. The number of amides is 1. The highest BCUT2D eigenvalue weighted by atomic mass is 35.5. The number of ether oxygens (including phenoxy) is 3. The van der Waals surface area contributed by atoms with Crippen molar-refractivity contribution in [2.45, 2.75) is 25.3 Å². The fourth-order valence-corrected chi connectivity index (χ4v) is 3.95. The Morgan fingerprint density at radius 1 is 1.10 bits per heavy atom. The molecule has 1 heterocycles. The molecule has 0 spiro atoms. The summed E-state index contributed by atoms with van der Waals surface area (Å²) in [6, 6.07) is 11.2. The molecule has 1 amide bonds. The van der Waals surface area contributed by atoms with Crippen LogP contribution in [0, 0.1) is 0 Å². The van der Waals surface area contributed by atoms with E-state index in [1.807, 2.05) is 18.2 Å². The molecule has 6 nitrogen and oxygen atoms in total. The Morgan fingerprint density at radius 2 is 1.86 bits per heavy atom. The standard InChI is InChI=1S/C22H27ClN2O4/c1-27-16-7-9-20(28-2)17(14-16)19-5-4-11-25(19)12-10-22(26)24-18-13-15(23)6-8-21(18)29-3/h6-9,13-14,19H,4-5,10-12H2,1-3H3,(H,24,26). The number of carbonyl (C=O) groups excluding carboxylic acids is 1. The largest absolute Gasteiger partial charge is 0.497 e. The molecule has 1 fully saturated rings. The van der Waals surface area contributed by atoms with Crippen molar-refractivity contribution in [3.8, 4) is 17.2 Å². The third-order valence-electron chi connectivity index (χ3n) is 5.22. The predicted octanol–water partition coefficient (Wildman–Crippen LogP) is 4.53. The number of likely N-dealkylation sites (tertiary alicyclic amines) is 1. The van der Waals surface area contributed by atoms with Crippen LogP contribution in [0.1, 0.15) is 30.9 Å². The number of halogens is 1. The molecule has 1 unspecified atom stereocenters. The van der Waals surface area contributed by atoms with E-state index in [1.54, 1.807) is 39.5 Å². The molecule has 1 aliphatic rings. The third-order valence-corrected chi connectivity index (χ3v) is 5.46. The monoisotopic (exact) mass is 418 g/mol. The second-order valence-electron chi connectivity index (χ2n) is 6.94. The lowest BCUT2D eigenvalue weighted by molar-refractivity contribution is -0.116. The lowest BCUT2D eigenvalue weighted by Crippen LogP contribution is -2.28. The van der Waals surface area contributed by atoms with Crippen LogP contribution >= 0.6 is 11.6 Å². The second kappa shape index (κ2) is 9.85. The van der Waals surface area contributed by atoms with E-state index in [-0.39, 0.29) is 11.9 Å². The van der Waals surface area contributed by atoms with Crippen LogP contribution in [0.3, 0.4) is 0 Å². The van der Waals surface area contributed by atoms with Crippen LogP contribution in [-0.4, -0.2) is 45.2 Å². The number of hydrogen-bond acceptors (Lipinski definition) is 5. The third kappa shape index (κ3) is 5.14. The highest BCUT2D eigenvalue weighted by molar-refractivity contribution is 6.31. The number of methoxy groups -OCH3 is 3. The molecular weight excluding hydrogens is 392 g/mol. The van der Waals surface area contributed by atoms with Crippen molar-refractivity contribution in [3.05, 3.63) is 47.0 Å². The predicted molar refractivity (Wildman–Crippen MR) is 114 cm³/mol. The number of nitrogens with zero attached hydrogens (tertiary/aromatic N) is 1. The number of anilines is 1. The molecule has 0 aromatic heterocycles. The van der Waals surface area contributed by atoms with Crippen LogP contribution in [0.25, 0.3) is 0 Å². The summed E-state index contributed by atoms with van der Waals surface area (Å²) in [5, 5.41) is 3.45. The highest BCUT2D eigenvalue weighted by Crippen LogP contribution is 2.39. The van der Waals surface area contributed by atoms with Gasteiger partial charge >= 0.3 is 0 Å². The summed E-state index contributed by atoms with van der Waals surface area (Å²) in [5.74, 6) is 2.16. The van der Waals surface area contributed by atoms with Gasteiger partial charge in [-0.05, 0) is 55.8 Å². The van der Waals surface area contributed by atoms with E-state index in [9.17, 15) is 4.79 Å². The number of benzene rings is 2. The van der Waals surface area contributed by atoms with Gasteiger partial charge in [-0.25, -0.2) is 0 Å². The Bertz CT molecular complexity index is 859. The van der Waals surface area contributed by atoms with Crippen LogP contribution in [0.15, 0.2) is 36.4 Å². The zero-order valence-electron chi connectivity index (χ0n) is 17.0. The normalized spacial score (nSPS) is 16.5. The van der Waals surface area contributed by atoms with Crippen molar-refractivity contribution in [2.75, 3.05) is 39.7 Å². The van der Waals surface area contributed by atoms with E-state index in [0.717, 1.165) is 36.4 Å². The van der Waals surface area contributed by atoms with Gasteiger partial charge in [-0.3, -0.25) is 9.69 Å². The van der Waals surface area contributed by atoms with Crippen LogP contribution in [0.2, 0.25) is 5.02 Å². The van der Waals surface area contributed by atoms with E-state index in [2.05, 4.69) is 10.2 Å². The van der Waals surface area contributed by atoms with Gasteiger partial charge in [0.25, 0.3) is 0 Å². The first-order valence-electron chi connectivity index (χ1n) is 9.65. The first kappa shape index (κ1) is 21.3. The van der Waals surface area contributed by atoms with Crippen LogP contribution in [0.4, 0.5) is 5.69 Å². The molecule has 1 atom stereocenters. The lowest BCUT2D eigenvalue weighted by atomic mass is 10.0. The minimum absolute atomic E-state index is 0.0752. The van der Waals surface area contributed by atoms with Crippen molar-refractivity contribution >= 4 is 23.2 Å². The van der Waals surface area contributed by atoms with E-state index >= 15 is 0 Å². The minimum Gasteiger partial charge on any atom is -0.497 e. The molecule has 1 N–H and O–H groups in total. The van der Waals surface area contributed by atoms with Crippen LogP contribution in [-0.2, 0) is 4.79 Å². The Balaban J connectivity index is 1.66. The number of hydrogen-bond donors (Lipinski definition) is 1. The molecule has 0 radical (unpaired) electrons. The zero-order valence-corrected chi connectivity index (χ0v) is 17.8. The van der Waals surface area contributed by atoms with Crippen molar-refractivity contribution < 1.29 is 19.0 Å². The molecular formula is C22H27ClN2O4. The molecule has 0 aliphatic carbocycles. The maximum atomic E-state index is 12.5. The lowest BCUT2D eigenvalue weighted by Gasteiger charge is -2.26. The van der Waals surface area contributed by atoms with Gasteiger partial charge in [-0.1, -0.05) is 11.6 Å². The summed E-state index contributed by atoms with van der Waals surface area (Å²) in [6.07, 6.45) is 2.47. The summed E-state index contributed by atoms with van der Waals surface area (Å²) in [7, 11) is 4.90. The molecule has 29 heavy (non-hydrogen) atoms. The second-order valence-corrected chi connectivity index (χ2v) is 7.38. The number of carbonyl (C=O) groups is 1. The van der Waals surface area contributed by atoms with Gasteiger partial charge in [0.2, 0.25) is 5.91 Å². The number of nitrogens with one attached hydrogen (secondary N) is 1. The van der Waals surface area contributed by atoms with Crippen LogP contribution in [0.5, 0.6) is 17.2 Å². The van der Waals surface area contributed by atoms with Gasteiger partial charge in [-0.2, -0.15) is 0 Å². The van der Waals surface area contributed by atoms with Crippen molar-refractivity contribution in [2.24, 2.45) is 0 Å². The molecule has 7 heteroatoms. The topological polar surface area (TPSA) is 60.0 Å². The fourth-order valence-electron chi connectivity index (χ4n) is 3.78. The Kier molecular flexibility index (Phi) is 7.23. The fraction of sp³-hybridized carbons (Fsp3) is 0.409. The van der Waals surface area contributed by atoms with Gasteiger partial charge in [0.05, 0.1) is 27.0 Å². The first-order valence-corrected chi connectivity index (χ1v) is 10.0. The minimum atomic E-state index is -0.0752. The Morgan fingerprint density at radius 3 is 2.59 bits per heavy atom. The van der Waals surface area contributed by atoms with Crippen molar-refractivity contribution in [3.63, 3.8) is 0 Å². The smallest absolute Gasteiger partial charge is 0.225 e. The maximum absolute atomic E-state index is 12.5. The van der Waals surface area contributed by atoms with Gasteiger partial charge in [0.1, 0.15) is 17.2 Å². The Labute approximate surface area is 176 Å². The quantitative estimate of drug-likeness (QED) is 0.682. The van der Waals surface area contributed by atoms with E-state index in [1.165, 1.54) is 0 Å². The zero-order chi connectivity index (χ0) is 20.8. The van der Waals surface area contributed by atoms with Gasteiger partial charge in [0.15, 0.2) is 0 Å². The molecule has 2 aromatic carbocycles. The average molecular weight is 419 g/mol. The summed E-state index contributed by atoms with van der Waals surface area (Å²) in [5.41, 5.74) is 1.68. The molecule has 2 aromatic rings. The van der Waals surface area contributed by atoms with Crippen LogP contribution < -0.4 is 19.5 Å². The molecule has 0 bridgehead atoms. The molecule has 3 rings (SSSR count). The van der Waals surface area contributed by atoms with E-state index in [0.29, 0.717) is 29.4 Å². The molecule has 1 saturated heterocycles. The van der Waals surface area contributed by atoms with Crippen molar-refractivity contribution in [1.82, 2.24) is 4.90 Å². The first-order chi connectivity index (χ1) is 14.0. The molecule has 156 valence electrons. The summed E-state index contributed by atoms with van der Waals surface area (Å²) >= 11 is 6.04. The van der Waals surface area contributed by atoms with Gasteiger partial charge < -0.3 is 19.5 Å². The maximum Gasteiger partial charge on any atom is 0.225 e. The molecule has 0 saturated carbocycles. The van der Waals surface area contributed by atoms with Gasteiger partial charge in [-0.15, -0.1) is 0 Å². The van der Waals surface area contributed by atoms with E-state index in [4.69, 9.17) is 25.8 Å². The average Bonchev–Trinajstić information content (AvgIpc) is 3.20.